The van der Waals surface area contributed by atoms with E-state index in [4.69, 9.17) is 14.5 Å². The molecular weight excluding hydrogens is 505 g/mol. The number of hydrogen-bond acceptors (Lipinski definition) is 4. The highest BCUT2D eigenvalue weighted by molar-refractivity contribution is 14.0. The zero-order valence-corrected chi connectivity index (χ0v) is 22.0. The third kappa shape index (κ3) is 9.14. The first kappa shape index (κ1) is 28.0. The minimum atomic E-state index is 0. The lowest BCUT2D eigenvalue weighted by Gasteiger charge is -2.32. The lowest BCUT2D eigenvalue weighted by atomic mass is 9.79. The van der Waals surface area contributed by atoms with E-state index in [-0.39, 0.29) is 42.1 Å². The van der Waals surface area contributed by atoms with Crippen LogP contribution in [-0.2, 0) is 11.3 Å². The van der Waals surface area contributed by atoms with Crippen molar-refractivity contribution in [3.8, 4) is 5.75 Å². The Morgan fingerprint density at radius 2 is 2.03 bits per heavy atom. The number of ether oxygens (including phenoxy) is 2. The Hall–Kier alpha value is -1.06. The van der Waals surface area contributed by atoms with Gasteiger partial charge < -0.3 is 25.2 Å². The van der Waals surface area contributed by atoms with Crippen LogP contribution in [0.15, 0.2) is 23.2 Å². The number of rotatable bonds is 12. The summed E-state index contributed by atoms with van der Waals surface area (Å²) in [5, 5.41) is 16.3. The summed E-state index contributed by atoms with van der Waals surface area (Å²) >= 11 is 0. The number of nitrogens with zero attached hydrogens (tertiary/aromatic N) is 1. The van der Waals surface area contributed by atoms with Gasteiger partial charge in [0.05, 0.1) is 12.6 Å². The van der Waals surface area contributed by atoms with Crippen molar-refractivity contribution in [2.75, 3.05) is 32.9 Å². The van der Waals surface area contributed by atoms with Crippen molar-refractivity contribution < 1.29 is 14.6 Å². The van der Waals surface area contributed by atoms with Crippen molar-refractivity contribution in [2.24, 2.45) is 10.4 Å². The number of aliphatic imine (C=N–C) groups is 1. The Balaban J connectivity index is 0.00000480. The number of nitrogens with one attached hydrogen (secondary N) is 2. The molecule has 3 N–H and O–H groups in total. The Labute approximate surface area is 205 Å². The van der Waals surface area contributed by atoms with Crippen LogP contribution in [0.5, 0.6) is 5.75 Å². The molecule has 0 spiro atoms. The van der Waals surface area contributed by atoms with Crippen LogP contribution in [0.3, 0.4) is 0 Å². The van der Waals surface area contributed by atoms with Crippen molar-refractivity contribution in [1.29, 1.82) is 0 Å². The molecule has 1 unspecified atom stereocenters. The van der Waals surface area contributed by atoms with Gasteiger partial charge in [0.1, 0.15) is 12.4 Å². The summed E-state index contributed by atoms with van der Waals surface area (Å²) in [4.78, 5) is 4.81. The molecule has 31 heavy (non-hydrogen) atoms. The molecule has 1 aliphatic heterocycles. The van der Waals surface area contributed by atoms with Crippen LogP contribution < -0.4 is 15.4 Å². The van der Waals surface area contributed by atoms with Crippen molar-refractivity contribution in [3.05, 3.63) is 29.3 Å². The van der Waals surface area contributed by atoms with Gasteiger partial charge in [-0.1, -0.05) is 26.0 Å². The normalized spacial score (nSPS) is 16.7. The maximum atomic E-state index is 9.47. The predicted molar refractivity (Wildman–Crippen MR) is 139 cm³/mol. The minimum Gasteiger partial charge on any atom is -0.491 e. The van der Waals surface area contributed by atoms with Crippen LogP contribution >= 0.6 is 24.0 Å². The molecule has 2 rings (SSSR count). The lowest BCUT2D eigenvalue weighted by molar-refractivity contribution is 0.0676. The van der Waals surface area contributed by atoms with Gasteiger partial charge in [-0.3, -0.25) is 0 Å². The van der Waals surface area contributed by atoms with Crippen molar-refractivity contribution >= 4 is 29.9 Å². The molecule has 1 aromatic carbocycles. The standard InChI is InChI=1S/C24H41N3O3.HI/c1-5-24(6-2,12-13-28)18-27-23(25-7-3)26-16-20-11-10-19(4)15-22(20)30-17-21-9-8-14-29-21;/h10-11,15,21,28H,5-9,12-14,16-18H2,1-4H3,(H2,25,26,27);1H. The van der Waals surface area contributed by atoms with Gasteiger partial charge in [-0.2, -0.15) is 0 Å². The second-order valence-electron chi connectivity index (χ2n) is 8.29. The fraction of sp³-hybridized carbons (Fsp3) is 0.708. The van der Waals surface area contributed by atoms with E-state index in [0.29, 0.717) is 13.2 Å². The van der Waals surface area contributed by atoms with Crippen LogP contribution in [0.25, 0.3) is 0 Å². The molecule has 1 atom stereocenters. The molecule has 178 valence electrons. The quantitative estimate of drug-likeness (QED) is 0.205. The van der Waals surface area contributed by atoms with Crippen LogP contribution in [0.2, 0.25) is 0 Å². The van der Waals surface area contributed by atoms with E-state index in [1.165, 1.54) is 5.56 Å². The Kier molecular flexibility index (Phi) is 13.4. The highest BCUT2D eigenvalue weighted by Crippen LogP contribution is 2.29. The first-order chi connectivity index (χ1) is 14.6. The number of aryl methyl sites for hydroxylation is 1. The summed E-state index contributed by atoms with van der Waals surface area (Å²) in [7, 11) is 0. The fourth-order valence-electron chi connectivity index (χ4n) is 3.84. The second-order valence-corrected chi connectivity index (χ2v) is 8.29. The number of benzene rings is 1. The van der Waals surface area contributed by atoms with Crippen molar-refractivity contribution in [2.45, 2.75) is 72.4 Å². The summed E-state index contributed by atoms with van der Waals surface area (Å²) < 4.78 is 11.8. The molecule has 0 amide bonds. The van der Waals surface area contributed by atoms with E-state index in [0.717, 1.165) is 69.1 Å². The number of guanidine groups is 1. The molecule has 0 saturated carbocycles. The smallest absolute Gasteiger partial charge is 0.191 e. The summed E-state index contributed by atoms with van der Waals surface area (Å²) in [5.41, 5.74) is 2.34. The SMILES string of the molecule is CCNC(=NCc1ccc(C)cc1OCC1CCCO1)NCC(CC)(CC)CCO.I. The summed E-state index contributed by atoms with van der Waals surface area (Å²) in [6.07, 6.45) is 5.22. The summed E-state index contributed by atoms with van der Waals surface area (Å²) in [6.45, 7) is 12.3. The fourth-order valence-corrected chi connectivity index (χ4v) is 3.84. The maximum Gasteiger partial charge on any atom is 0.191 e. The van der Waals surface area contributed by atoms with Crippen molar-refractivity contribution in [1.82, 2.24) is 10.6 Å². The van der Waals surface area contributed by atoms with Crippen LogP contribution in [0.1, 0.15) is 64.0 Å². The molecule has 1 aliphatic rings. The Bertz CT molecular complexity index is 659. The molecule has 7 heteroatoms. The zero-order valence-electron chi connectivity index (χ0n) is 19.7. The zero-order chi connectivity index (χ0) is 21.8. The van der Waals surface area contributed by atoms with Crippen LogP contribution in [0.4, 0.5) is 0 Å². The molecular formula is C24H42IN3O3. The average molecular weight is 548 g/mol. The summed E-state index contributed by atoms with van der Waals surface area (Å²) in [5.74, 6) is 1.69. The number of hydrogen-bond donors (Lipinski definition) is 3. The largest absolute Gasteiger partial charge is 0.491 e. The number of aliphatic hydroxyl groups excluding tert-OH is 1. The lowest BCUT2D eigenvalue weighted by Crippen LogP contribution is -2.43. The number of halogens is 1. The van der Waals surface area contributed by atoms with E-state index < -0.39 is 0 Å². The van der Waals surface area contributed by atoms with Gasteiger partial charge in [-0.15, -0.1) is 24.0 Å². The van der Waals surface area contributed by atoms with E-state index >= 15 is 0 Å². The van der Waals surface area contributed by atoms with Gasteiger partial charge in [0.15, 0.2) is 5.96 Å². The molecule has 0 bridgehead atoms. The first-order valence-corrected chi connectivity index (χ1v) is 11.5. The van der Waals surface area contributed by atoms with Gasteiger partial charge in [-0.05, 0) is 63.0 Å². The van der Waals surface area contributed by atoms with Gasteiger partial charge >= 0.3 is 0 Å². The minimum absolute atomic E-state index is 0. The van der Waals surface area contributed by atoms with E-state index in [9.17, 15) is 5.11 Å². The molecule has 0 aromatic heterocycles. The maximum absolute atomic E-state index is 9.47. The molecule has 0 aliphatic carbocycles. The molecule has 1 aromatic rings. The van der Waals surface area contributed by atoms with Crippen LogP contribution in [-0.4, -0.2) is 50.1 Å². The molecule has 1 saturated heterocycles. The third-order valence-corrected chi connectivity index (χ3v) is 6.20. The van der Waals surface area contributed by atoms with Gasteiger partial charge in [-0.25, -0.2) is 4.99 Å². The van der Waals surface area contributed by atoms with E-state index in [1.807, 2.05) is 0 Å². The topological polar surface area (TPSA) is 75.1 Å². The van der Waals surface area contributed by atoms with Crippen molar-refractivity contribution in [3.63, 3.8) is 0 Å². The second kappa shape index (κ2) is 14.9. The van der Waals surface area contributed by atoms with Gasteiger partial charge in [0, 0.05) is 31.9 Å². The average Bonchev–Trinajstić information content (AvgIpc) is 3.28. The highest BCUT2D eigenvalue weighted by atomic mass is 127. The monoisotopic (exact) mass is 547 g/mol. The highest BCUT2D eigenvalue weighted by Gasteiger charge is 2.25. The van der Waals surface area contributed by atoms with Gasteiger partial charge in [0.2, 0.25) is 0 Å². The predicted octanol–water partition coefficient (Wildman–Crippen LogP) is 4.41. The van der Waals surface area contributed by atoms with E-state index in [1.54, 1.807) is 0 Å². The molecule has 1 fully saturated rings. The third-order valence-electron chi connectivity index (χ3n) is 6.20. The Morgan fingerprint density at radius 3 is 2.65 bits per heavy atom. The number of aliphatic hydroxyl groups is 1. The van der Waals surface area contributed by atoms with E-state index in [2.05, 4.69) is 56.5 Å². The molecule has 1 heterocycles. The van der Waals surface area contributed by atoms with Crippen LogP contribution in [0, 0.1) is 12.3 Å². The first-order valence-electron chi connectivity index (χ1n) is 11.5. The van der Waals surface area contributed by atoms with Gasteiger partial charge in [0.25, 0.3) is 0 Å². The summed E-state index contributed by atoms with van der Waals surface area (Å²) in [6, 6.07) is 6.28. The molecule has 6 nitrogen and oxygen atoms in total. The Morgan fingerprint density at radius 1 is 1.26 bits per heavy atom. The molecule has 0 radical (unpaired) electrons.